The van der Waals surface area contributed by atoms with Crippen LogP contribution in [0.5, 0.6) is 0 Å². The predicted molar refractivity (Wildman–Crippen MR) is 94.1 cm³/mol. The number of fused-ring (bicyclic) bond motifs is 1. The van der Waals surface area contributed by atoms with Crippen molar-refractivity contribution < 1.29 is 19.2 Å². The van der Waals surface area contributed by atoms with Crippen molar-refractivity contribution in [2.45, 2.75) is 51.4 Å². The van der Waals surface area contributed by atoms with Gasteiger partial charge in [-0.25, -0.2) is 4.98 Å². The van der Waals surface area contributed by atoms with Crippen LogP contribution in [0.4, 0.5) is 0 Å². The van der Waals surface area contributed by atoms with Crippen LogP contribution in [0.3, 0.4) is 0 Å². The maximum atomic E-state index is 13.3. The minimum atomic E-state index is -0.839. The number of carboxylic acids is 1. The highest BCUT2D eigenvalue weighted by Gasteiger charge is 2.33. The molecule has 3 heterocycles. The molecule has 138 valence electrons. The summed E-state index contributed by atoms with van der Waals surface area (Å²) < 4.78 is 5.44. The molecule has 1 saturated heterocycles. The second-order valence-corrected chi connectivity index (χ2v) is 7.70. The number of carboxylic acid groups (broad SMARTS) is 1. The van der Waals surface area contributed by atoms with Gasteiger partial charge in [-0.3, -0.25) is 9.59 Å². The molecule has 0 spiro atoms. The lowest BCUT2D eigenvalue weighted by molar-refractivity contribution is -0.143. The Bertz CT molecular complexity index is 869. The van der Waals surface area contributed by atoms with E-state index in [4.69, 9.17) is 4.52 Å². The van der Waals surface area contributed by atoms with Crippen molar-refractivity contribution in [3.05, 3.63) is 23.0 Å². The molecular weight excluding hydrogens is 334 g/mol. The van der Waals surface area contributed by atoms with Gasteiger partial charge in [-0.05, 0) is 37.7 Å². The van der Waals surface area contributed by atoms with E-state index in [-0.39, 0.29) is 18.4 Å². The summed E-state index contributed by atoms with van der Waals surface area (Å²) in [5.41, 5.74) is 2.56. The standard InChI is InChI=1S/C19H23N3O4/c1-10(2)16-15-13(8-14(11-5-6-11)20-17(15)26-21-16)18(23)22-7-3-4-12(9-22)19(24)25/h8,10-12H,3-7,9H2,1-2H3,(H,24,25)/t12-/m0/s1. The molecule has 1 amide bonds. The highest BCUT2D eigenvalue weighted by molar-refractivity contribution is 6.06. The van der Waals surface area contributed by atoms with Crippen molar-refractivity contribution in [1.82, 2.24) is 15.0 Å². The van der Waals surface area contributed by atoms with Gasteiger partial charge in [-0.15, -0.1) is 0 Å². The molecule has 0 aromatic carbocycles. The van der Waals surface area contributed by atoms with Crippen molar-refractivity contribution in [1.29, 1.82) is 0 Å². The van der Waals surface area contributed by atoms with Crippen LogP contribution in [-0.4, -0.2) is 45.1 Å². The van der Waals surface area contributed by atoms with E-state index in [1.807, 2.05) is 19.9 Å². The first-order chi connectivity index (χ1) is 12.5. The molecule has 4 rings (SSSR count). The molecule has 7 heteroatoms. The molecule has 7 nitrogen and oxygen atoms in total. The number of aliphatic carboxylic acids is 1. The summed E-state index contributed by atoms with van der Waals surface area (Å²) in [5.74, 6) is -1.000. The van der Waals surface area contributed by atoms with Gasteiger partial charge in [0.15, 0.2) is 0 Å². The number of rotatable bonds is 4. The fourth-order valence-electron chi connectivity index (χ4n) is 3.68. The number of aromatic nitrogens is 2. The van der Waals surface area contributed by atoms with Gasteiger partial charge in [0.05, 0.1) is 22.6 Å². The van der Waals surface area contributed by atoms with Gasteiger partial charge in [0.25, 0.3) is 11.6 Å². The maximum Gasteiger partial charge on any atom is 0.308 e. The summed E-state index contributed by atoms with van der Waals surface area (Å²) in [6, 6.07) is 1.87. The highest BCUT2D eigenvalue weighted by atomic mass is 16.5. The molecule has 0 unspecified atom stereocenters. The molecule has 2 aromatic heterocycles. The van der Waals surface area contributed by atoms with Crippen LogP contribution in [0.1, 0.15) is 73.1 Å². The predicted octanol–water partition coefficient (Wildman–Crippen LogP) is 3.16. The fraction of sp³-hybridized carbons (Fsp3) is 0.579. The molecule has 2 aromatic rings. The summed E-state index contributed by atoms with van der Waals surface area (Å²) in [7, 11) is 0. The Morgan fingerprint density at radius 3 is 2.73 bits per heavy atom. The van der Waals surface area contributed by atoms with Gasteiger partial charge in [-0.1, -0.05) is 19.0 Å². The van der Waals surface area contributed by atoms with Crippen LogP contribution in [0.25, 0.3) is 11.1 Å². The lowest BCUT2D eigenvalue weighted by Gasteiger charge is -2.31. The topological polar surface area (TPSA) is 96.5 Å². The summed E-state index contributed by atoms with van der Waals surface area (Å²) in [6.45, 7) is 4.83. The van der Waals surface area contributed by atoms with Crippen LogP contribution in [-0.2, 0) is 4.79 Å². The molecule has 2 aliphatic rings. The first-order valence-electron chi connectivity index (χ1n) is 9.28. The van der Waals surface area contributed by atoms with Gasteiger partial charge < -0.3 is 14.5 Å². The number of hydrogen-bond donors (Lipinski definition) is 1. The monoisotopic (exact) mass is 357 g/mol. The van der Waals surface area contributed by atoms with E-state index in [0.29, 0.717) is 42.0 Å². The Morgan fingerprint density at radius 1 is 1.31 bits per heavy atom. The van der Waals surface area contributed by atoms with Crippen LogP contribution >= 0.6 is 0 Å². The first-order valence-corrected chi connectivity index (χ1v) is 9.28. The molecule has 1 atom stereocenters. The maximum absolute atomic E-state index is 13.3. The van der Waals surface area contributed by atoms with Crippen molar-refractivity contribution in [3.63, 3.8) is 0 Å². The molecule has 1 aliphatic carbocycles. The van der Waals surface area contributed by atoms with Crippen LogP contribution < -0.4 is 0 Å². The third-order valence-electron chi connectivity index (χ3n) is 5.32. The lowest BCUT2D eigenvalue weighted by Crippen LogP contribution is -2.42. The van der Waals surface area contributed by atoms with Crippen molar-refractivity contribution in [2.75, 3.05) is 13.1 Å². The zero-order valence-corrected chi connectivity index (χ0v) is 15.1. The van der Waals surface area contributed by atoms with E-state index in [0.717, 1.165) is 24.2 Å². The largest absolute Gasteiger partial charge is 0.481 e. The van der Waals surface area contributed by atoms with Crippen molar-refractivity contribution >= 4 is 23.0 Å². The highest BCUT2D eigenvalue weighted by Crippen LogP contribution is 2.41. The molecule has 0 bridgehead atoms. The molecule has 0 radical (unpaired) electrons. The average Bonchev–Trinajstić information content (AvgIpc) is 3.39. The smallest absolute Gasteiger partial charge is 0.308 e. The summed E-state index contributed by atoms with van der Waals surface area (Å²) in [5, 5.41) is 14.1. The zero-order valence-electron chi connectivity index (χ0n) is 15.1. The minimum absolute atomic E-state index is 0.101. The van der Waals surface area contributed by atoms with Crippen molar-refractivity contribution in [3.8, 4) is 0 Å². The number of carbonyl (C=O) groups is 2. The Hall–Kier alpha value is -2.44. The normalized spacial score (nSPS) is 20.7. The summed E-state index contributed by atoms with van der Waals surface area (Å²) in [6.07, 6.45) is 3.46. The van der Waals surface area contributed by atoms with E-state index >= 15 is 0 Å². The molecule has 1 aliphatic heterocycles. The van der Waals surface area contributed by atoms with Gasteiger partial charge in [0, 0.05) is 24.7 Å². The number of nitrogens with zero attached hydrogens (tertiary/aromatic N) is 3. The SMILES string of the molecule is CC(C)c1noc2nc(C3CC3)cc(C(=O)N3CCC[C@H](C(=O)O)C3)c12. The molecule has 1 N–H and O–H groups in total. The quantitative estimate of drug-likeness (QED) is 0.903. The first kappa shape index (κ1) is 17.0. The van der Waals surface area contributed by atoms with E-state index in [1.165, 1.54) is 0 Å². The Kier molecular flexibility index (Phi) is 4.17. The third kappa shape index (κ3) is 2.95. The van der Waals surface area contributed by atoms with Gasteiger partial charge in [-0.2, -0.15) is 0 Å². The van der Waals surface area contributed by atoms with Gasteiger partial charge >= 0.3 is 5.97 Å². The molecular formula is C19H23N3O4. The number of likely N-dealkylation sites (tertiary alicyclic amines) is 1. The number of piperidine rings is 1. The Morgan fingerprint density at radius 2 is 2.08 bits per heavy atom. The third-order valence-corrected chi connectivity index (χ3v) is 5.32. The Balaban J connectivity index is 1.77. The van der Waals surface area contributed by atoms with Crippen LogP contribution in [0.2, 0.25) is 0 Å². The zero-order chi connectivity index (χ0) is 18.4. The minimum Gasteiger partial charge on any atom is -0.481 e. The molecule has 26 heavy (non-hydrogen) atoms. The fourth-order valence-corrected chi connectivity index (χ4v) is 3.68. The Labute approximate surface area is 151 Å². The lowest BCUT2D eigenvalue weighted by atomic mass is 9.96. The van der Waals surface area contributed by atoms with E-state index in [2.05, 4.69) is 10.1 Å². The van der Waals surface area contributed by atoms with Crippen molar-refractivity contribution in [2.24, 2.45) is 5.92 Å². The molecule has 2 fully saturated rings. The van der Waals surface area contributed by atoms with Crippen LogP contribution in [0.15, 0.2) is 10.6 Å². The number of hydrogen-bond acceptors (Lipinski definition) is 5. The summed E-state index contributed by atoms with van der Waals surface area (Å²) in [4.78, 5) is 30.9. The van der Waals surface area contributed by atoms with E-state index < -0.39 is 11.9 Å². The second kappa shape index (κ2) is 6.37. The second-order valence-electron chi connectivity index (χ2n) is 7.70. The average molecular weight is 357 g/mol. The van der Waals surface area contributed by atoms with Gasteiger partial charge in [0.1, 0.15) is 0 Å². The molecule has 1 saturated carbocycles. The van der Waals surface area contributed by atoms with Crippen LogP contribution in [0, 0.1) is 5.92 Å². The number of carbonyl (C=O) groups excluding carboxylic acids is 1. The van der Waals surface area contributed by atoms with E-state index in [9.17, 15) is 14.7 Å². The van der Waals surface area contributed by atoms with Gasteiger partial charge in [0.2, 0.25) is 0 Å². The summed E-state index contributed by atoms with van der Waals surface area (Å²) >= 11 is 0. The van der Waals surface area contributed by atoms with E-state index in [1.54, 1.807) is 4.90 Å². The number of pyridine rings is 1. The number of amides is 1.